The van der Waals surface area contributed by atoms with Crippen LogP contribution in [0.25, 0.3) is 0 Å². The third kappa shape index (κ3) is 4.65. The second kappa shape index (κ2) is 8.82. The minimum absolute atomic E-state index is 0.205. The number of nitrogens with one attached hydrogen (secondary N) is 1. The predicted octanol–water partition coefficient (Wildman–Crippen LogP) is 4.10. The zero-order chi connectivity index (χ0) is 17.4. The Kier molecular flexibility index (Phi) is 6.49. The molecular weight excluding hydrogens is 304 g/mol. The lowest BCUT2D eigenvalue weighted by atomic mass is 10.2. The normalized spacial score (nSPS) is 10.2. The number of carbonyl (C=O) groups excluding carboxylic acids is 1. The lowest BCUT2D eigenvalue weighted by Gasteiger charge is -2.16. The van der Waals surface area contributed by atoms with Crippen LogP contribution < -0.4 is 20.5 Å². The van der Waals surface area contributed by atoms with E-state index in [1.807, 2.05) is 32.0 Å². The van der Waals surface area contributed by atoms with E-state index in [0.717, 1.165) is 12.8 Å². The van der Waals surface area contributed by atoms with E-state index in [2.05, 4.69) is 5.32 Å². The van der Waals surface area contributed by atoms with Crippen molar-refractivity contribution in [3.05, 3.63) is 48.0 Å². The number of nitrogens with two attached hydrogens (primary N) is 1. The van der Waals surface area contributed by atoms with Crippen LogP contribution in [0.15, 0.2) is 42.5 Å². The molecule has 24 heavy (non-hydrogen) atoms. The molecule has 5 nitrogen and oxygen atoms in total. The number of hydrogen-bond donors (Lipinski definition) is 2. The molecule has 2 aromatic rings. The van der Waals surface area contributed by atoms with Crippen LogP contribution in [-0.4, -0.2) is 19.1 Å². The molecule has 0 unspecified atom stereocenters. The van der Waals surface area contributed by atoms with E-state index in [9.17, 15) is 4.79 Å². The van der Waals surface area contributed by atoms with Gasteiger partial charge in [0.1, 0.15) is 11.5 Å². The van der Waals surface area contributed by atoms with Gasteiger partial charge in [0.2, 0.25) is 0 Å². The van der Waals surface area contributed by atoms with Crippen LogP contribution in [0, 0.1) is 0 Å². The third-order valence-electron chi connectivity index (χ3n) is 3.32. The van der Waals surface area contributed by atoms with Crippen molar-refractivity contribution in [2.45, 2.75) is 26.7 Å². The van der Waals surface area contributed by atoms with Crippen LogP contribution in [0.1, 0.15) is 37.0 Å². The van der Waals surface area contributed by atoms with E-state index in [4.69, 9.17) is 15.2 Å². The highest BCUT2D eigenvalue weighted by atomic mass is 16.5. The highest BCUT2D eigenvalue weighted by molar-refractivity contribution is 6.05. The van der Waals surface area contributed by atoms with E-state index >= 15 is 0 Å². The summed E-state index contributed by atoms with van der Waals surface area (Å²) in [6.07, 6.45) is 1.74. The summed E-state index contributed by atoms with van der Waals surface area (Å²) in [4.78, 5) is 12.4. The summed E-state index contributed by atoms with van der Waals surface area (Å²) in [5.74, 6) is 0.884. The van der Waals surface area contributed by atoms with Gasteiger partial charge in [-0.1, -0.05) is 32.0 Å². The highest BCUT2D eigenvalue weighted by Crippen LogP contribution is 2.35. The van der Waals surface area contributed by atoms with E-state index in [-0.39, 0.29) is 5.91 Å². The Morgan fingerprint density at radius 1 is 1.00 bits per heavy atom. The van der Waals surface area contributed by atoms with E-state index in [1.54, 1.807) is 24.3 Å². The molecule has 0 aromatic heterocycles. The van der Waals surface area contributed by atoms with Gasteiger partial charge in [0.15, 0.2) is 0 Å². The summed E-state index contributed by atoms with van der Waals surface area (Å²) in [6.45, 7) is 5.14. The van der Waals surface area contributed by atoms with Gasteiger partial charge >= 0.3 is 0 Å². The zero-order valence-corrected chi connectivity index (χ0v) is 14.2. The van der Waals surface area contributed by atoms with E-state index < -0.39 is 0 Å². The van der Waals surface area contributed by atoms with Gasteiger partial charge in [0, 0.05) is 17.7 Å². The van der Waals surface area contributed by atoms with Gasteiger partial charge in [0.05, 0.1) is 24.6 Å². The van der Waals surface area contributed by atoms with Crippen LogP contribution in [-0.2, 0) is 0 Å². The first-order chi connectivity index (χ1) is 11.7. The number of benzene rings is 2. The molecule has 0 fully saturated rings. The van der Waals surface area contributed by atoms with Gasteiger partial charge in [-0.2, -0.15) is 0 Å². The van der Waals surface area contributed by atoms with Gasteiger partial charge in [-0.15, -0.1) is 0 Å². The highest BCUT2D eigenvalue weighted by Gasteiger charge is 2.14. The maximum Gasteiger partial charge on any atom is 0.255 e. The van der Waals surface area contributed by atoms with Gasteiger partial charge < -0.3 is 20.5 Å². The molecular formula is C19H24N2O3. The molecule has 1 amide bonds. The third-order valence-corrected chi connectivity index (χ3v) is 3.32. The van der Waals surface area contributed by atoms with Gasteiger partial charge in [0.25, 0.3) is 5.91 Å². The van der Waals surface area contributed by atoms with Crippen LogP contribution in [0.5, 0.6) is 11.5 Å². The van der Waals surface area contributed by atoms with Crippen molar-refractivity contribution in [2.24, 2.45) is 0 Å². The molecule has 3 N–H and O–H groups in total. The first-order valence-electron chi connectivity index (χ1n) is 8.21. The number of nitrogen functional groups attached to an aromatic ring is 1. The molecule has 0 radical (unpaired) electrons. The zero-order valence-electron chi connectivity index (χ0n) is 14.2. The fraction of sp³-hybridized carbons (Fsp3) is 0.316. The standard InChI is InChI=1S/C19H24N2O3/c1-3-10-23-17-13-16(18(12-15(17)20)24-11-4-2)21-19(22)14-8-6-5-7-9-14/h5-9,12-13H,3-4,10-11,20H2,1-2H3,(H,21,22). The summed E-state index contributed by atoms with van der Waals surface area (Å²) in [5.41, 5.74) is 7.65. The largest absolute Gasteiger partial charge is 0.491 e. The van der Waals surface area contributed by atoms with Crippen molar-refractivity contribution in [1.82, 2.24) is 0 Å². The van der Waals surface area contributed by atoms with Gasteiger partial charge in [-0.25, -0.2) is 0 Å². The summed E-state index contributed by atoms with van der Waals surface area (Å²) >= 11 is 0. The summed E-state index contributed by atoms with van der Waals surface area (Å²) in [6, 6.07) is 12.4. The summed E-state index contributed by atoms with van der Waals surface area (Å²) in [7, 11) is 0. The smallest absolute Gasteiger partial charge is 0.255 e. The molecule has 0 heterocycles. The van der Waals surface area contributed by atoms with Crippen molar-refractivity contribution >= 4 is 17.3 Å². The fourth-order valence-electron chi connectivity index (χ4n) is 2.13. The maximum absolute atomic E-state index is 12.4. The molecule has 128 valence electrons. The molecule has 0 saturated carbocycles. The Balaban J connectivity index is 2.28. The molecule has 2 rings (SSSR count). The van der Waals surface area contributed by atoms with Crippen LogP contribution in [0.3, 0.4) is 0 Å². The lowest BCUT2D eigenvalue weighted by Crippen LogP contribution is -2.13. The summed E-state index contributed by atoms with van der Waals surface area (Å²) in [5, 5.41) is 2.88. The average molecular weight is 328 g/mol. The molecule has 5 heteroatoms. The number of amides is 1. The topological polar surface area (TPSA) is 73.6 Å². The van der Waals surface area contributed by atoms with Crippen LogP contribution in [0.2, 0.25) is 0 Å². The Morgan fingerprint density at radius 2 is 1.62 bits per heavy atom. The molecule has 0 aliphatic rings. The lowest BCUT2D eigenvalue weighted by molar-refractivity contribution is 0.102. The molecule has 2 aromatic carbocycles. The molecule has 0 aliphatic carbocycles. The Hall–Kier alpha value is -2.69. The number of rotatable bonds is 8. The van der Waals surface area contributed by atoms with Crippen molar-refractivity contribution in [2.75, 3.05) is 24.3 Å². The van der Waals surface area contributed by atoms with Gasteiger partial charge in [-0.05, 0) is 25.0 Å². The predicted molar refractivity (Wildman–Crippen MR) is 96.8 cm³/mol. The number of ether oxygens (including phenoxy) is 2. The average Bonchev–Trinajstić information content (AvgIpc) is 2.61. The first kappa shape index (κ1) is 17.7. The molecule has 0 bridgehead atoms. The number of anilines is 2. The van der Waals surface area contributed by atoms with Crippen LogP contribution >= 0.6 is 0 Å². The molecule has 0 spiro atoms. The Labute approximate surface area is 142 Å². The second-order valence-electron chi connectivity index (χ2n) is 5.40. The Bertz CT molecular complexity index is 672. The fourth-order valence-corrected chi connectivity index (χ4v) is 2.13. The van der Waals surface area contributed by atoms with Crippen molar-refractivity contribution in [3.8, 4) is 11.5 Å². The quantitative estimate of drug-likeness (QED) is 0.716. The monoisotopic (exact) mass is 328 g/mol. The van der Waals surface area contributed by atoms with Crippen LogP contribution in [0.4, 0.5) is 11.4 Å². The van der Waals surface area contributed by atoms with Gasteiger partial charge in [-0.3, -0.25) is 4.79 Å². The van der Waals surface area contributed by atoms with Crippen molar-refractivity contribution in [1.29, 1.82) is 0 Å². The molecule has 0 aliphatic heterocycles. The van der Waals surface area contributed by atoms with E-state index in [0.29, 0.717) is 41.7 Å². The minimum Gasteiger partial charge on any atom is -0.491 e. The second-order valence-corrected chi connectivity index (χ2v) is 5.40. The maximum atomic E-state index is 12.4. The SMILES string of the molecule is CCCOc1cc(NC(=O)c2ccccc2)c(OCCC)cc1N. The Morgan fingerprint density at radius 3 is 2.25 bits per heavy atom. The minimum atomic E-state index is -0.205. The molecule has 0 saturated heterocycles. The van der Waals surface area contributed by atoms with Crippen molar-refractivity contribution in [3.63, 3.8) is 0 Å². The molecule has 0 atom stereocenters. The number of hydrogen-bond acceptors (Lipinski definition) is 4. The summed E-state index contributed by atoms with van der Waals surface area (Å²) < 4.78 is 11.4. The first-order valence-corrected chi connectivity index (χ1v) is 8.21. The number of carbonyl (C=O) groups is 1. The van der Waals surface area contributed by atoms with Crippen molar-refractivity contribution < 1.29 is 14.3 Å². The van der Waals surface area contributed by atoms with E-state index in [1.165, 1.54) is 0 Å².